The topological polar surface area (TPSA) is 29.5 Å². The second-order valence-electron chi connectivity index (χ2n) is 5.66. The lowest BCUT2D eigenvalue weighted by molar-refractivity contribution is -0.111. The van der Waals surface area contributed by atoms with E-state index in [0.29, 0.717) is 0 Å². The van der Waals surface area contributed by atoms with Gasteiger partial charge in [0, 0.05) is 41.7 Å². The number of carbonyl (C=O) groups is 1. The highest BCUT2D eigenvalue weighted by atomic mass is 79.9. The molecule has 0 N–H and O–H groups in total. The molecule has 1 aromatic heterocycles. The SMILES string of the molecule is O=C1C=C(N2CCOCC2)CC2=C1CC=C2c1ccc(Br)s1. The fraction of sp³-hybridized carbons (Fsp3) is 0.353. The largest absolute Gasteiger partial charge is 0.378 e. The van der Waals surface area contributed by atoms with Crippen molar-refractivity contribution in [3.05, 3.63) is 49.8 Å². The van der Waals surface area contributed by atoms with Crippen LogP contribution in [-0.4, -0.2) is 37.0 Å². The zero-order chi connectivity index (χ0) is 15.1. The van der Waals surface area contributed by atoms with Gasteiger partial charge in [-0.25, -0.2) is 0 Å². The molecule has 3 aliphatic rings. The second kappa shape index (κ2) is 5.80. The van der Waals surface area contributed by atoms with Crippen molar-refractivity contribution >= 4 is 38.6 Å². The molecule has 0 aromatic carbocycles. The minimum absolute atomic E-state index is 0.185. The molecule has 3 nitrogen and oxygen atoms in total. The lowest BCUT2D eigenvalue weighted by atomic mass is 9.91. The van der Waals surface area contributed by atoms with Crippen molar-refractivity contribution in [2.45, 2.75) is 12.8 Å². The molecule has 2 heterocycles. The lowest BCUT2D eigenvalue weighted by Gasteiger charge is -2.33. The van der Waals surface area contributed by atoms with E-state index < -0.39 is 0 Å². The van der Waals surface area contributed by atoms with Crippen molar-refractivity contribution in [3.63, 3.8) is 0 Å². The number of halogens is 1. The summed E-state index contributed by atoms with van der Waals surface area (Å²) in [6.07, 6.45) is 5.68. The highest BCUT2D eigenvalue weighted by molar-refractivity contribution is 9.11. The van der Waals surface area contributed by atoms with E-state index >= 15 is 0 Å². The number of hydrogen-bond donors (Lipinski definition) is 0. The molecule has 1 saturated heterocycles. The van der Waals surface area contributed by atoms with Crippen LogP contribution in [0.15, 0.2) is 44.9 Å². The minimum atomic E-state index is 0.185. The summed E-state index contributed by atoms with van der Waals surface area (Å²) in [5, 5.41) is 0. The second-order valence-corrected chi connectivity index (χ2v) is 8.12. The molecule has 1 aromatic rings. The molecule has 0 saturated carbocycles. The van der Waals surface area contributed by atoms with Crippen LogP contribution in [0.1, 0.15) is 17.7 Å². The molecule has 0 unspecified atom stereocenters. The molecule has 0 amide bonds. The highest BCUT2D eigenvalue weighted by Gasteiger charge is 2.30. The third-order valence-electron chi connectivity index (χ3n) is 4.41. The van der Waals surface area contributed by atoms with E-state index in [9.17, 15) is 4.79 Å². The van der Waals surface area contributed by atoms with Gasteiger partial charge in [-0.2, -0.15) is 0 Å². The van der Waals surface area contributed by atoms with Gasteiger partial charge in [-0.3, -0.25) is 4.79 Å². The molecule has 1 fully saturated rings. The first-order chi connectivity index (χ1) is 10.7. The number of hydrogen-bond acceptors (Lipinski definition) is 4. The van der Waals surface area contributed by atoms with E-state index in [1.54, 1.807) is 11.3 Å². The monoisotopic (exact) mass is 377 g/mol. The average Bonchev–Trinajstić information content (AvgIpc) is 3.14. The maximum atomic E-state index is 12.5. The molecule has 0 atom stereocenters. The Balaban J connectivity index is 1.62. The first-order valence-corrected chi connectivity index (χ1v) is 9.09. The van der Waals surface area contributed by atoms with E-state index in [4.69, 9.17) is 4.74 Å². The molecule has 0 spiro atoms. The summed E-state index contributed by atoms with van der Waals surface area (Å²) in [5.41, 5.74) is 4.60. The Labute approximate surface area is 142 Å². The summed E-state index contributed by atoms with van der Waals surface area (Å²) >= 11 is 5.26. The quantitative estimate of drug-likeness (QED) is 0.785. The number of allylic oxidation sites excluding steroid dienone is 5. The summed E-state index contributed by atoms with van der Waals surface area (Å²) in [5.74, 6) is 0.185. The Kier molecular flexibility index (Phi) is 3.80. The Bertz CT molecular complexity index is 723. The normalized spacial score (nSPS) is 21.9. The van der Waals surface area contributed by atoms with Crippen molar-refractivity contribution in [1.29, 1.82) is 0 Å². The minimum Gasteiger partial charge on any atom is -0.378 e. The highest BCUT2D eigenvalue weighted by Crippen LogP contribution is 2.43. The fourth-order valence-electron chi connectivity index (χ4n) is 3.30. The summed E-state index contributed by atoms with van der Waals surface area (Å²) in [6, 6.07) is 4.20. The van der Waals surface area contributed by atoms with Crippen LogP contribution in [-0.2, 0) is 9.53 Å². The van der Waals surface area contributed by atoms with Crippen molar-refractivity contribution in [2.75, 3.05) is 26.3 Å². The number of ketones is 1. The van der Waals surface area contributed by atoms with Crippen LogP contribution in [0.3, 0.4) is 0 Å². The van der Waals surface area contributed by atoms with Crippen LogP contribution in [0.5, 0.6) is 0 Å². The molecule has 22 heavy (non-hydrogen) atoms. The molecule has 4 rings (SSSR count). The molecule has 114 valence electrons. The standard InChI is InChI=1S/C17H16BrNO2S/c18-17-4-3-16(22-17)13-2-1-12-14(13)9-11(10-15(12)20)19-5-7-21-8-6-19/h2-4,10H,1,5-9H2. The number of nitrogens with zero attached hydrogens (tertiary/aromatic N) is 1. The molecule has 0 bridgehead atoms. The Morgan fingerprint density at radius 1 is 1.18 bits per heavy atom. The lowest BCUT2D eigenvalue weighted by Crippen LogP contribution is -2.36. The number of ether oxygens (including phenoxy) is 1. The van der Waals surface area contributed by atoms with E-state index in [-0.39, 0.29) is 5.78 Å². The van der Waals surface area contributed by atoms with Crippen molar-refractivity contribution in [3.8, 4) is 0 Å². The summed E-state index contributed by atoms with van der Waals surface area (Å²) in [4.78, 5) is 16.0. The van der Waals surface area contributed by atoms with Gasteiger partial charge in [-0.05, 0) is 45.6 Å². The smallest absolute Gasteiger partial charge is 0.184 e. The van der Waals surface area contributed by atoms with Crippen LogP contribution in [0.25, 0.3) is 5.57 Å². The van der Waals surface area contributed by atoms with Crippen LogP contribution < -0.4 is 0 Å². The first kappa shape index (κ1) is 14.4. The number of morpholine rings is 1. The average molecular weight is 378 g/mol. The molecule has 5 heteroatoms. The molecular weight excluding hydrogens is 362 g/mol. The van der Waals surface area contributed by atoms with E-state index in [1.807, 2.05) is 6.08 Å². The predicted molar refractivity (Wildman–Crippen MR) is 91.7 cm³/mol. The van der Waals surface area contributed by atoms with Crippen molar-refractivity contribution in [1.82, 2.24) is 4.90 Å². The van der Waals surface area contributed by atoms with E-state index in [2.05, 4.69) is 39.0 Å². The van der Waals surface area contributed by atoms with Gasteiger partial charge in [0.05, 0.1) is 17.0 Å². The molecule has 0 radical (unpaired) electrons. The maximum Gasteiger partial charge on any atom is 0.184 e. The van der Waals surface area contributed by atoms with Crippen LogP contribution >= 0.6 is 27.3 Å². The number of rotatable bonds is 2. The third kappa shape index (κ3) is 2.51. The summed E-state index contributed by atoms with van der Waals surface area (Å²) in [7, 11) is 0. The fourth-order valence-corrected chi connectivity index (χ4v) is 4.75. The van der Waals surface area contributed by atoms with Gasteiger partial charge in [0.2, 0.25) is 0 Å². The van der Waals surface area contributed by atoms with Gasteiger partial charge in [0.25, 0.3) is 0 Å². The molecular formula is C17H16BrNO2S. The van der Waals surface area contributed by atoms with Crippen LogP contribution in [0, 0.1) is 0 Å². The molecule has 2 aliphatic carbocycles. The van der Waals surface area contributed by atoms with Gasteiger partial charge in [-0.15, -0.1) is 11.3 Å². The Morgan fingerprint density at radius 2 is 2.00 bits per heavy atom. The van der Waals surface area contributed by atoms with E-state index in [0.717, 1.165) is 54.2 Å². The van der Waals surface area contributed by atoms with Gasteiger partial charge in [-0.1, -0.05) is 6.08 Å². The summed E-state index contributed by atoms with van der Waals surface area (Å²) < 4.78 is 6.54. The van der Waals surface area contributed by atoms with Crippen LogP contribution in [0.2, 0.25) is 0 Å². The van der Waals surface area contributed by atoms with Crippen molar-refractivity contribution in [2.24, 2.45) is 0 Å². The van der Waals surface area contributed by atoms with Gasteiger partial charge in [0.15, 0.2) is 5.78 Å². The number of thiophene rings is 1. The zero-order valence-corrected chi connectivity index (χ0v) is 14.5. The Hall–Kier alpha value is -1.17. The van der Waals surface area contributed by atoms with E-state index in [1.165, 1.54) is 16.0 Å². The zero-order valence-electron chi connectivity index (χ0n) is 12.1. The maximum absolute atomic E-state index is 12.5. The molecule has 1 aliphatic heterocycles. The van der Waals surface area contributed by atoms with Gasteiger partial charge < -0.3 is 9.64 Å². The van der Waals surface area contributed by atoms with Crippen molar-refractivity contribution < 1.29 is 9.53 Å². The van der Waals surface area contributed by atoms with Gasteiger partial charge in [0.1, 0.15) is 0 Å². The summed E-state index contributed by atoms with van der Waals surface area (Å²) in [6.45, 7) is 3.26. The van der Waals surface area contributed by atoms with Crippen LogP contribution in [0.4, 0.5) is 0 Å². The van der Waals surface area contributed by atoms with Gasteiger partial charge >= 0.3 is 0 Å². The Morgan fingerprint density at radius 3 is 2.73 bits per heavy atom. The number of carbonyl (C=O) groups excluding carboxylic acids is 1. The third-order valence-corrected chi connectivity index (χ3v) is 6.07. The first-order valence-electron chi connectivity index (χ1n) is 7.48. The predicted octanol–water partition coefficient (Wildman–Crippen LogP) is 3.78.